The normalized spacial score (nSPS) is 51.4. The number of hydrogen-bond donors (Lipinski definition) is 2. The average Bonchev–Trinajstić information content (AvgIpc) is 3.27. The van der Waals surface area contributed by atoms with Gasteiger partial charge in [-0.05, 0) is 145 Å². The lowest BCUT2D eigenvalue weighted by Crippen LogP contribution is -2.71. The molecule has 0 heterocycles. The van der Waals surface area contributed by atoms with Crippen LogP contribution in [0.2, 0.25) is 0 Å². The fraction of sp³-hybridized carbons (Fsp3) is 0.868. The summed E-state index contributed by atoms with van der Waals surface area (Å²) in [7, 11) is 0. The average molecular weight is 582 g/mol. The predicted octanol–water partition coefficient (Wildman–Crippen LogP) is 9.53. The molecule has 0 aromatic carbocycles. The summed E-state index contributed by atoms with van der Waals surface area (Å²) < 4.78 is 13.9. The summed E-state index contributed by atoms with van der Waals surface area (Å²) in [5.41, 5.74) is 3.18. The zero-order chi connectivity index (χ0) is 30.6. The molecule has 42 heavy (non-hydrogen) atoms. The largest absolute Gasteiger partial charge is 0.481 e. The Kier molecular flexibility index (Phi) is 7.10. The molecule has 4 heteroatoms. The van der Waals surface area contributed by atoms with E-state index in [0.29, 0.717) is 52.9 Å². The van der Waals surface area contributed by atoms with E-state index in [9.17, 15) is 14.3 Å². The van der Waals surface area contributed by atoms with E-state index in [4.69, 9.17) is 0 Å². The van der Waals surface area contributed by atoms with Crippen molar-refractivity contribution in [3.05, 3.63) is 23.3 Å². The molecule has 4 saturated carbocycles. The number of hydrogen-bond acceptors (Lipinski definition) is 2. The smallest absolute Gasteiger partial charge is 0.312 e. The Labute approximate surface area is 255 Å². The summed E-state index contributed by atoms with van der Waals surface area (Å²) in [5, 5.41) is 13.8. The first-order chi connectivity index (χ1) is 19.6. The first-order valence-electron chi connectivity index (χ1n) is 17.6. The van der Waals surface area contributed by atoms with Gasteiger partial charge in [0.15, 0.2) is 0 Å². The Balaban J connectivity index is 1.34. The van der Waals surface area contributed by atoms with E-state index in [1.165, 1.54) is 62.5 Å². The maximum atomic E-state index is 13.9. The molecule has 236 valence electrons. The molecular weight excluding hydrogens is 521 g/mol. The predicted molar refractivity (Wildman–Crippen MR) is 170 cm³/mol. The molecule has 1 unspecified atom stereocenters. The van der Waals surface area contributed by atoms with Gasteiger partial charge in [0.2, 0.25) is 0 Å². The highest BCUT2D eigenvalue weighted by Crippen LogP contribution is 2.79. The minimum atomic E-state index is -1.23. The Morgan fingerprint density at radius 2 is 1.60 bits per heavy atom. The Hall–Kier alpha value is -1.16. The van der Waals surface area contributed by atoms with Crippen LogP contribution in [0.25, 0.3) is 0 Å². The van der Waals surface area contributed by atoms with E-state index in [-0.39, 0.29) is 10.8 Å². The molecule has 0 saturated heterocycles. The van der Waals surface area contributed by atoms with Crippen LogP contribution < -0.4 is 5.32 Å². The summed E-state index contributed by atoms with van der Waals surface area (Å²) >= 11 is 0. The van der Waals surface area contributed by atoms with Crippen LogP contribution in [0, 0.1) is 56.2 Å². The monoisotopic (exact) mass is 581 g/mol. The highest BCUT2D eigenvalue weighted by atomic mass is 19.1. The molecule has 0 aliphatic heterocycles. The third-order valence-corrected chi connectivity index (χ3v) is 16.3. The van der Waals surface area contributed by atoms with Crippen LogP contribution in [-0.4, -0.2) is 29.8 Å². The molecule has 0 aromatic heterocycles. The molecule has 2 N–H and O–H groups in total. The van der Waals surface area contributed by atoms with Gasteiger partial charge >= 0.3 is 5.97 Å². The lowest BCUT2D eigenvalue weighted by Gasteiger charge is -2.75. The first kappa shape index (κ1) is 30.8. The van der Waals surface area contributed by atoms with Crippen LogP contribution in [0.1, 0.15) is 132 Å². The van der Waals surface area contributed by atoms with Gasteiger partial charge < -0.3 is 10.4 Å². The van der Waals surface area contributed by atoms with Crippen molar-refractivity contribution in [2.75, 3.05) is 13.2 Å². The molecule has 3 nitrogen and oxygen atoms in total. The molecular formula is C38H60FNO2. The van der Waals surface area contributed by atoms with E-state index in [1.807, 2.05) is 0 Å². The van der Waals surface area contributed by atoms with Crippen molar-refractivity contribution in [2.45, 2.75) is 138 Å². The maximum absolute atomic E-state index is 13.9. The summed E-state index contributed by atoms with van der Waals surface area (Å²) in [6.07, 6.45) is 17.9. The standard InChI is InChI=1S/C38H60FNO2/c1-9-40-38-21-10-25(2)30(38)35(7)18-15-29-33(5)16-13-27(26-11-19-37(24-39,20-12-26)31(41)42)32(3,4)28(33)14-17-34(29,6)36(35,8)22-23-38/h11,13,25,28-30,40H,9-10,12,14-24H2,1-8H3,(H,41,42)/t25-,28+,29?,30-,33+,34-,35-,36+,37-,38+/m1/s1. The Bertz CT molecular complexity index is 1190. The van der Waals surface area contributed by atoms with Crippen LogP contribution >= 0.6 is 0 Å². The fourth-order valence-electron chi connectivity index (χ4n) is 14.0. The highest BCUT2D eigenvalue weighted by molar-refractivity contribution is 5.75. The van der Waals surface area contributed by atoms with E-state index < -0.39 is 18.1 Å². The second-order valence-electron chi connectivity index (χ2n) is 17.7. The van der Waals surface area contributed by atoms with E-state index in [1.54, 1.807) is 0 Å². The minimum absolute atomic E-state index is 0.0352. The fourth-order valence-corrected chi connectivity index (χ4v) is 14.0. The molecule has 0 bridgehead atoms. The zero-order valence-electron chi connectivity index (χ0n) is 28.1. The zero-order valence-corrected chi connectivity index (χ0v) is 28.1. The van der Waals surface area contributed by atoms with Crippen LogP contribution in [0.4, 0.5) is 4.39 Å². The van der Waals surface area contributed by atoms with E-state index in [0.717, 1.165) is 24.8 Å². The molecule has 0 amide bonds. The number of nitrogens with one attached hydrogen (secondary N) is 1. The number of carboxylic acid groups (broad SMARTS) is 1. The SMILES string of the molecule is CCN[C@]12CC[C@@H](C)[C@@H]1[C@@]1(C)CCC3[C@@]4(C)CC=C(C5=CC[C@@](CF)(C(=O)O)CC5)C(C)(C)[C@@H]4CC[C@@]3(C)[C@]1(C)CC2. The van der Waals surface area contributed by atoms with Crippen LogP contribution in [0.5, 0.6) is 0 Å². The van der Waals surface area contributed by atoms with Crippen molar-refractivity contribution in [1.82, 2.24) is 5.32 Å². The number of halogens is 1. The van der Waals surface area contributed by atoms with Crippen molar-refractivity contribution >= 4 is 5.97 Å². The molecule has 0 radical (unpaired) electrons. The number of carboxylic acids is 1. The van der Waals surface area contributed by atoms with Crippen LogP contribution in [0.15, 0.2) is 23.3 Å². The molecule has 6 aliphatic carbocycles. The summed E-state index contributed by atoms with van der Waals surface area (Å²) in [6.45, 7) is 21.0. The van der Waals surface area contributed by atoms with Crippen LogP contribution in [-0.2, 0) is 4.79 Å². The molecule has 0 spiro atoms. The number of alkyl halides is 1. The number of aliphatic carboxylic acids is 1. The van der Waals surface area contributed by atoms with Gasteiger partial charge in [-0.2, -0.15) is 0 Å². The van der Waals surface area contributed by atoms with Crippen LogP contribution in [0.3, 0.4) is 0 Å². The van der Waals surface area contributed by atoms with Gasteiger partial charge in [-0.3, -0.25) is 4.79 Å². The number of allylic oxidation sites excluding steroid dienone is 4. The van der Waals surface area contributed by atoms with E-state index >= 15 is 0 Å². The number of rotatable bonds is 5. The van der Waals surface area contributed by atoms with Gasteiger partial charge in [-0.25, -0.2) is 4.39 Å². The second-order valence-corrected chi connectivity index (χ2v) is 17.7. The van der Waals surface area contributed by atoms with Gasteiger partial charge in [0, 0.05) is 5.54 Å². The number of carbonyl (C=O) groups is 1. The molecule has 6 rings (SSSR count). The lowest BCUT2D eigenvalue weighted by molar-refractivity contribution is -0.258. The molecule has 0 aromatic rings. The van der Waals surface area contributed by atoms with Crippen molar-refractivity contribution in [3.63, 3.8) is 0 Å². The van der Waals surface area contributed by atoms with Crippen molar-refractivity contribution < 1.29 is 14.3 Å². The molecule has 10 atom stereocenters. The van der Waals surface area contributed by atoms with Crippen molar-refractivity contribution in [1.29, 1.82) is 0 Å². The van der Waals surface area contributed by atoms with Gasteiger partial charge in [0.05, 0.1) is 5.41 Å². The Morgan fingerprint density at radius 3 is 2.21 bits per heavy atom. The Morgan fingerprint density at radius 1 is 0.905 bits per heavy atom. The summed E-state index contributed by atoms with van der Waals surface area (Å²) in [5.74, 6) is 1.90. The van der Waals surface area contributed by atoms with Crippen molar-refractivity contribution in [3.8, 4) is 0 Å². The van der Waals surface area contributed by atoms with Gasteiger partial charge in [0.25, 0.3) is 0 Å². The quantitative estimate of drug-likeness (QED) is 0.340. The number of fused-ring (bicyclic) bond motifs is 7. The maximum Gasteiger partial charge on any atom is 0.312 e. The van der Waals surface area contributed by atoms with Gasteiger partial charge in [-0.1, -0.05) is 67.5 Å². The summed E-state index contributed by atoms with van der Waals surface area (Å²) in [6, 6.07) is 0. The second kappa shape index (κ2) is 9.67. The van der Waals surface area contributed by atoms with E-state index in [2.05, 4.69) is 72.9 Å². The third kappa shape index (κ3) is 3.69. The lowest BCUT2D eigenvalue weighted by atomic mass is 9.29. The third-order valence-electron chi connectivity index (χ3n) is 16.3. The topological polar surface area (TPSA) is 49.3 Å². The minimum Gasteiger partial charge on any atom is -0.481 e. The molecule has 6 aliphatic rings. The first-order valence-corrected chi connectivity index (χ1v) is 17.6. The van der Waals surface area contributed by atoms with Gasteiger partial charge in [0.1, 0.15) is 6.67 Å². The molecule has 4 fully saturated rings. The van der Waals surface area contributed by atoms with Crippen molar-refractivity contribution in [2.24, 2.45) is 56.2 Å². The summed E-state index contributed by atoms with van der Waals surface area (Å²) in [4.78, 5) is 11.9. The van der Waals surface area contributed by atoms with Gasteiger partial charge in [-0.15, -0.1) is 0 Å². The highest BCUT2D eigenvalue weighted by Gasteiger charge is 2.73.